The van der Waals surface area contributed by atoms with E-state index in [1.54, 1.807) is 12.3 Å². The fourth-order valence-electron chi connectivity index (χ4n) is 2.27. The zero-order valence-corrected chi connectivity index (χ0v) is 13.3. The molecule has 1 fully saturated rings. The van der Waals surface area contributed by atoms with E-state index in [1.807, 2.05) is 14.1 Å². The number of aromatic nitrogens is 2. The third kappa shape index (κ3) is 5.57. The minimum absolute atomic E-state index is 0.165. The van der Waals surface area contributed by atoms with Gasteiger partial charge in [-0.2, -0.15) is 0 Å². The average Bonchev–Trinajstić information content (AvgIpc) is 3.03. The highest BCUT2D eigenvalue weighted by atomic mass is 16.5. The topological polar surface area (TPSA) is 79.4 Å². The molecule has 2 heterocycles. The van der Waals surface area contributed by atoms with Crippen molar-refractivity contribution in [2.24, 2.45) is 0 Å². The molecule has 7 nitrogen and oxygen atoms in total. The van der Waals surface area contributed by atoms with Gasteiger partial charge in [0.1, 0.15) is 5.69 Å². The van der Waals surface area contributed by atoms with Crippen LogP contribution >= 0.6 is 0 Å². The third-order valence-electron chi connectivity index (χ3n) is 3.47. The summed E-state index contributed by atoms with van der Waals surface area (Å²) in [7, 11) is 4.02. The number of carbonyl (C=O) groups is 1. The molecule has 122 valence electrons. The van der Waals surface area contributed by atoms with Gasteiger partial charge in [-0.3, -0.25) is 4.79 Å². The zero-order chi connectivity index (χ0) is 15.8. The predicted octanol–water partition coefficient (Wildman–Crippen LogP) is 0.749. The van der Waals surface area contributed by atoms with E-state index >= 15 is 0 Å². The van der Waals surface area contributed by atoms with Gasteiger partial charge < -0.3 is 20.3 Å². The summed E-state index contributed by atoms with van der Waals surface area (Å²) in [5.41, 5.74) is 0.384. The van der Waals surface area contributed by atoms with Crippen LogP contribution in [0.15, 0.2) is 12.3 Å². The highest BCUT2D eigenvalue weighted by Gasteiger charge is 2.15. The molecule has 1 aliphatic rings. The molecule has 7 heteroatoms. The lowest BCUT2D eigenvalue weighted by atomic mass is 10.2. The second-order valence-corrected chi connectivity index (χ2v) is 5.69. The number of carbonyl (C=O) groups excluding carboxylic acids is 1. The summed E-state index contributed by atoms with van der Waals surface area (Å²) < 4.78 is 5.54. The van der Waals surface area contributed by atoms with Gasteiger partial charge in [-0.1, -0.05) is 0 Å². The van der Waals surface area contributed by atoms with Crippen LogP contribution in [0.4, 0.5) is 5.95 Å². The van der Waals surface area contributed by atoms with E-state index in [4.69, 9.17) is 4.74 Å². The van der Waals surface area contributed by atoms with Gasteiger partial charge in [-0.05, 0) is 46.0 Å². The first-order chi connectivity index (χ1) is 10.6. The molecule has 0 saturated carbocycles. The van der Waals surface area contributed by atoms with Crippen LogP contribution in [0.25, 0.3) is 0 Å². The lowest BCUT2D eigenvalue weighted by Gasteiger charge is -2.11. The fraction of sp³-hybridized carbons (Fsp3) is 0.667. The van der Waals surface area contributed by atoms with Crippen LogP contribution in [0.1, 0.15) is 29.8 Å². The molecule has 1 aliphatic heterocycles. The zero-order valence-electron chi connectivity index (χ0n) is 13.3. The first-order valence-electron chi connectivity index (χ1n) is 7.76. The van der Waals surface area contributed by atoms with Crippen LogP contribution in [-0.4, -0.2) is 67.2 Å². The summed E-state index contributed by atoms with van der Waals surface area (Å²) in [6.07, 6.45) is 4.88. The molecular formula is C15H25N5O2. The molecule has 2 rings (SSSR count). The second kappa shape index (κ2) is 8.65. The van der Waals surface area contributed by atoms with E-state index in [0.29, 0.717) is 24.7 Å². The smallest absolute Gasteiger partial charge is 0.270 e. The first kappa shape index (κ1) is 16.6. The molecule has 0 aliphatic carbocycles. The van der Waals surface area contributed by atoms with Crippen molar-refractivity contribution in [2.45, 2.75) is 25.4 Å². The normalized spacial score (nSPS) is 17.7. The second-order valence-electron chi connectivity index (χ2n) is 5.69. The lowest BCUT2D eigenvalue weighted by molar-refractivity contribution is 0.0947. The summed E-state index contributed by atoms with van der Waals surface area (Å²) >= 11 is 0. The van der Waals surface area contributed by atoms with Gasteiger partial charge in [0.15, 0.2) is 0 Å². The molecule has 0 spiro atoms. The molecular weight excluding hydrogens is 282 g/mol. The van der Waals surface area contributed by atoms with Crippen LogP contribution in [0.3, 0.4) is 0 Å². The Morgan fingerprint density at radius 2 is 2.36 bits per heavy atom. The number of nitrogens with zero attached hydrogens (tertiary/aromatic N) is 3. The molecule has 2 N–H and O–H groups in total. The minimum atomic E-state index is -0.165. The molecule has 0 bridgehead atoms. The van der Waals surface area contributed by atoms with Crippen molar-refractivity contribution in [3.8, 4) is 0 Å². The Bertz CT molecular complexity index is 475. The SMILES string of the molecule is CN(C)CCCNC(=O)c1ccnc(NCC2CCCO2)n1. The summed E-state index contributed by atoms with van der Waals surface area (Å²) in [6.45, 7) is 3.08. The first-order valence-corrected chi connectivity index (χ1v) is 7.76. The van der Waals surface area contributed by atoms with Crippen molar-refractivity contribution >= 4 is 11.9 Å². The highest BCUT2D eigenvalue weighted by molar-refractivity contribution is 5.92. The fourth-order valence-corrected chi connectivity index (χ4v) is 2.27. The van der Waals surface area contributed by atoms with Crippen molar-refractivity contribution in [3.05, 3.63) is 18.0 Å². The van der Waals surface area contributed by atoms with E-state index in [-0.39, 0.29) is 12.0 Å². The molecule has 1 unspecified atom stereocenters. The molecule has 1 aromatic rings. The van der Waals surface area contributed by atoms with Crippen molar-refractivity contribution in [1.82, 2.24) is 20.2 Å². The summed E-state index contributed by atoms with van der Waals surface area (Å²) in [5.74, 6) is 0.303. The van der Waals surface area contributed by atoms with Crippen LogP contribution in [0.2, 0.25) is 0 Å². The van der Waals surface area contributed by atoms with Crippen molar-refractivity contribution < 1.29 is 9.53 Å². The maximum atomic E-state index is 12.0. The van der Waals surface area contributed by atoms with E-state index in [1.165, 1.54) is 0 Å². The van der Waals surface area contributed by atoms with Gasteiger partial charge in [0.05, 0.1) is 6.10 Å². The summed E-state index contributed by atoms with van der Waals surface area (Å²) in [5, 5.41) is 6.00. The number of rotatable bonds is 8. The van der Waals surface area contributed by atoms with E-state index in [2.05, 4.69) is 25.5 Å². The monoisotopic (exact) mass is 307 g/mol. The van der Waals surface area contributed by atoms with Crippen molar-refractivity contribution in [1.29, 1.82) is 0 Å². The molecule has 1 amide bonds. The number of nitrogens with one attached hydrogen (secondary N) is 2. The Kier molecular flexibility index (Phi) is 6.54. The highest BCUT2D eigenvalue weighted by Crippen LogP contribution is 2.12. The van der Waals surface area contributed by atoms with Gasteiger partial charge in [-0.25, -0.2) is 9.97 Å². The third-order valence-corrected chi connectivity index (χ3v) is 3.47. The quantitative estimate of drug-likeness (QED) is 0.690. The molecule has 0 radical (unpaired) electrons. The number of hydrogen-bond acceptors (Lipinski definition) is 6. The molecule has 22 heavy (non-hydrogen) atoms. The molecule has 1 atom stereocenters. The maximum Gasteiger partial charge on any atom is 0.270 e. The van der Waals surface area contributed by atoms with Crippen LogP contribution in [0, 0.1) is 0 Å². The average molecular weight is 307 g/mol. The Morgan fingerprint density at radius 1 is 1.50 bits per heavy atom. The number of amides is 1. The predicted molar refractivity (Wildman–Crippen MR) is 85.0 cm³/mol. The largest absolute Gasteiger partial charge is 0.376 e. The van der Waals surface area contributed by atoms with E-state index in [9.17, 15) is 4.79 Å². The van der Waals surface area contributed by atoms with E-state index in [0.717, 1.165) is 32.4 Å². The summed E-state index contributed by atoms with van der Waals surface area (Å²) in [4.78, 5) is 22.5. The molecule has 0 aromatic carbocycles. The Balaban J connectivity index is 1.78. The van der Waals surface area contributed by atoms with Crippen LogP contribution in [0.5, 0.6) is 0 Å². The minimum Gasteiger partial charge on any atom is -0.376 e. The number of anilines is 1. The summed E-state index contributed by atoms with van der Waals surface area (Å²) in [6, 6.07) is 1.62. The number of ether oxygens (including phenoxy) is 1. The Morgan fingerprint density at radius 3 is 3.09 bits per heavy atom. The Hall–Kier alpha value is -1.73. The standard InChI is InChI=1S/C15H25N5O2/c1-20(2)9-4-7-16-14(21)13-6-8-17-15(19-13)18-11-12-5-3-10-22-12/h6,8,12H,3-5,7,9-11H2,1-2H3,(H,16,21)(H,17,18,19). The molecule has 1 saturated heterocycles. The maximum absolute atomic E-state index is 12.0. The van der Waals surface area contributed by atoms with Crippen LogP contribution < -0.4 is 10.6 Å². The van der Waals surface area contributed by atoms with Gasteiger partial charge in [0.2, 0.25) is 5.95 Å². The van der Waals surface area contributed by atoms with Crippen molar-refractivity contribution in [3.63, 3.8) is 0 Å². The lowest BCUT2D eigenvalue weighted by Crippen LogP contribution is -2.28. The van der Waals surface area contributed by atoms with Gasteiger partial charge in [0, 0.05) is 25.9 Å². The van der Waals surface area contributed by atoms with Gasteiger partial charge in [0.25, 0.3) is 5.91 Å². The molecule has 1 aromatic heterocycles. The van der Waals surface area contributed by atoms with Crippen LogP contribution in [-0.2, 0) is 4.74 Å². The number of hydrogen-bond donors (Lipinski definition) is 2. The van der Waals surface area contributed by atoms with E-state index < -0.39 is 0 Å². The van der Waals surface area contributed by atoms with Crippen molar-refractivity contribution in [2.75, 3.05) is 45.7 Å². The Labute approximate surface area is 131 Å². The van der Waals surface area contributed by atoms with Gasteiger partial charge >= 0.3 is 0 Å². The van der Waals surface area contributed by atoms with Gasteiger partial charge in [-0.15, -0.1) is 0 Å².